The molecule has 0 saturated heterocycles. The summed E-state index contributed by atoms with van der Waals surface area (Å²) in [6, 6.07) is 61.2. The minimum absolute atomic E-state index is 0.820. The first-order valence-electron chi connectivity index (χ1n) is 17.5. The minimum atomic E-state index is 0.820. The molecule has 3 aromatic heterocycles. The fraction of sp³-hybridized carbons (Fsp3) is 0. The highest BCUT2D eigenvalue weighted by molar-refractivity contribution is 6.23. The standard InChI is InChI=1S/C48H29NO3/c1-3-14-30(15-4-1)32-28-39(46-35-19-8-11-23-41(35)51-44(46)29-32)49(37-21-13-25-43-45(37)34-18-7-10-22-40(34)50-43)38-27-26-33(31-16-5-2-6-17-31)48-47(38)36-20-9-12-24-42(36)52-48/h1-29H. The van der Waals surface area contributed by atoms with Crippen LogP contribution in [0.3, 0.4) is 0 Å². The molecule has 0 aliphatic carbocycles. The van der Waals surface area contributed by atoms with E-state index in [2.05, 4.69) is 144 Å². The second-order valence-electron chi connectivity index (χ2n) is 13.2. The average molecular weight is 668 g/mol. The second-order valence-corrected chi connectivity index (χ2v) is 13.2. The van der Waals surface area contributed by atoms with Crippen LogP contribution >= 0.6 is 0 Å². The lowest BCUT2D eigenvalue weighted by Gasteiger charge is -2.28. The highest BCUT2D eigenvalue weighted by Crippen LogP contribution is 2.52. The lowest BCUT2D eigenvalue weighted by Crippen LogP contribution is -2.11. The fourth-order valence-corrected chi connectivity index (χ4v) is 7.98. The number of hydrogen-bond donors (Lipinski definition) is 0. The van der Waals surface area contributed by atoms with E-state index in [1.807, 2.05) is 36.4 Å². The van der Waals surface area contributed by atoms with E-state index < -0.39 is 0 Å². The Morgan fingerprint density at radius 1 is 0.308 bits per heavy atom. The van der Waals surface area contributed by atoms with Crippen LogP contribution in [0.15, 0.2) is 189 Å². The van der Waals surface area contributed by atoms with Gasteiger partial charge in [0.15, 0.2) is 0 Å². The van der Waals surface area contributed by atoms with Crippen molar-refractivity contribution in [3.8, 4) is 22.3 Å². The van der Waals surface area contributed by atoms with E-state index in [0.29, 0.717) is 0 Å². The van der Waals surface area contributed by atoms with Crippen LogP contribution in [0.5, 0.6) is 0 Å². The maximum Gasteiger partial charge on any atom is 0.145 e. The molecular weight excluding hydrogens is 639 g/mol. The molecule has 0 unspecified atom stereocenters. The van der Waals surface area contributed by atoms with Gasteiger partial charge in [-0.15, -0.1) is 0 Å². The number of furan rings is 3. The smallest absolute Gasteiger partial charge is 0.145 e. The van der Waals surface area contributed by atoms with E-state index in [0.717, 1.165) is 105 Å². The van der Waals surface area contributed by atoms with Crippen LogP contribution in [0.25, 0.3) is 88.1 Å². The summed E-state index contributed by atoms with van der Waals surface area (Å²) in [7, 11) is 0. The van der Waals surface area contributed by atoms with Crippen molar-refractivity contribution in [1.82, 2.24) is 0 Å². The zero-order valence-electron chi connectivity index (χ0n) is 27.9. The van der Waals surface area contributed by atoms with E-state index in [4.69, 9.17) is 13.3 Å². The van der Waals surface area contributed by atoms with Crippen LogP contribution in [-0.4, -0.2) is 0 Å². The third-order valence-electron chi connectivity index (χ3n) is 10.3. The van der Waals surface area contributed by atoms with Gasteiger partial charge in [0.1, 0.15) is 33.5 Å². The van der Waals surface area contributed by atoms with Crippen molar-refractivity contribution >= 4 is 82.9 Å². The van der Waals surface area contributed by atoms with Crippen molar-refractivity contribution in [2.75, 3.05) is 4.90 Å². The summed E-state index contributed by atoms with van der Waals surface area (Å²) >= 11 is 0. The molecule has 8 aromatic carbocycles. The fourth-order valence-electron chi connectivity index (χ4n) is 7.98. The number of benzene rings is 8. The molecule has 0 aliphatic rings. The molecule has 3 heterocycles. The third kappa shape index (κ3) is 4.28. The molecule has 52 heavy (non-hydrogen) atoms. The molecule has 0 atom stereocenters. The number of rotatable bonds is 5. The maximum absolute atomic E-state index is 6.82. The summed E-state index contributed by atoms with van der Waals surface area (Å²) < 4.78 is 20.0. The van der Waals surface area contributed by atoms with Crippen molar-refractivity contribution in [2.45, 2.75) is 0 Å². The molecule has 11 rings (SSSR count). The topological polar surface area (TPSA) is 42.7 Å². The van der Waals surface area contributed by atoms with Gasteiger partial charge < -0.3 is 18.2 Å². The van der Waals surface area contributed by atoms with Crippen LogP contribution in [0.1, 0.15) is 0 Å². The molecule has 0 spiro atoms. The predicted molar refractivity (Wildman–Crippen MR) is 214 cm³/mol. The predicted octanol–water partition coefficient (Wildman–Crippen LogP) is 14.2. The van der Waals surface area contributed by atoms with Gasteiger partial charge in [-0.3, -0.25) is 0 Å². The summed E-state index contributed by atoms with van der Waals surface area (Å²) in [6.07, 6.45) is 0. The molecule has 0 fully saturated rings. The van der Waals surface area contributed by atoms with Gasteiger partial charge in [0.05, 0.1) is 33.2 Å². The average Bonchev–Trinajstić information content (AvgIpc) is 3.90. The van der Waals surface area contributed by atoms with E-state index in [9.17, 15) is 0 Å². The second kappa shape index (κ2) is 11.2. The van der Waals surface area contributed by atoms with Crippen molar-refractivity contribution in [1.29, 1.82) is 0 Å². The van der Waals surface area contributed by atoms with Crippen molar-refractivity contribution < 1.29 is 13.3 Å². The van der Waals surface area contributed by atoms with E-state index in [1.165, 1.54) is 0 Å². The summed E-state index contributed by atoms with van der Waals surface area (Å²) in [5.74, 6) is 0. The Kier molecular flexibility index (Phi) is 6.22. The Bertz CT molecular complexity index is 3130. The first kappa shape index (κ1) is 28.8. The summed E-state index contributed by atoms with van der Waals surface area (Å²) in [5, 5.41) is 6.26. The number of nitrogens with zero attached hydrogens (tertiary/aromatic N) is 1. The SMILES string of the molecule is c1ccc(-c2cc(N(c3cccc4oc5ccccc5c34)c3ccc(-c4ccccc4)c4oc5ccccc5c34)c3c(c2)oc2ccccc23)cc1. The molecule has 0 amide bonds. The normalized spacial score (nSPS) is 11.8. The Balaban J connectivity index is 1.34. The van der Waals surface area contributed by atoms with Gasteiger partial charge in [-0.1, -0.05) is 121 Å². The molecular formula is C48H29NO3. The maximum atomic E-state index is 6.82. The number of para-hydroxylation sites is 3. The molecule has 11 aromatic rings. The van der Waals surface area contributed by atoms with Crippen LogP contribution < -0.4 is 4.90 Å². The van der Waals surface area contributed by atoms with Crippen LogP contribution in [-0.2, 0) is 0 Å². The van der Waals surface area contributed by atoms with Gasteiger partial charge in [-0.05, 0) is 71.3 Å². The van der Waals surface area contributed by atoms with Gasteiger partial charge in [0.25, 0.3) is 0 Å². The van der Waals surface area contributed by atoms with E-state index in [-0.39, 0.29) is 0 Å². The Hall–Kier alpha value is -7.04. The Morgan fingerprint density at radius 2 is 0.827 bits per heavy atom. The highest BCUT2D eigenvalue weighted by atomic mass is 16.3. The van der Waals surface area contributed by atoms with Crippen LogP contribution in [0.4, 0.5) is 17.1 Å². The largest absolute Gasteiger partial charge is 0.456 e. The summed E-state index contributed by atoms with van der Waals surface area (Å²) in [4.78, 5) is 2.40. The molecule has 4 nitrogen and oxygen atoms in total. The quantitative estimate of drug-likeness (QED) is 0.183. The van der Waals surface area contributed by atoms with Gasteiger partial charge >= 0.3 is 0 Å². The Morgan fingerprint density at radius 3 is 1.52 bits per heavy atom. The molecule has 0 bridgehead atoms. The van der Waals surface area contributed by atoms with Crippen molar-refractivity contribution in [3.05, 3.63) is 176 Å². The van der Waals surface area contributed by atoms with Crippen molar-refractivity contribution in [3.63, 3.8) is 0 Å². The van der Waals surface area contributed by atoms with Crippen molar-refractivity contribution in [2.24, 2.45) is 0 Å². The van der Waals surface area contributed by atoms with Gasteiger partial charge in [0.2, 0.25) is 0 Å². The Labute approximate surface area is 298 Å². The summed E-state index contributed by atoms with van der Waals surface area (Å²) in [5.41, 5.74) is 12.3. The van der Waals surface area contributed by atoms with E-state index in [1.54, 1.807) is 0 Å². The molecule has 0 radical (unpaired) electrons. The first-order valence-corrected chi connectivity index (χ1v) is 17.5. The minimum Gasteiger partial charge on any atom is -0.456 e. The zero-order valence-corrected chi connectivity index (χ0v) is 27.9. The highest BCUT2D eigenvalue weighted by Gasteiger charge is 2.28. The van der Waals surface area contributed by atoms with Gasteiger partial charge in [-0.2, -0.15) is 0 Å². The van der Waals surface area contributed by atoms with Gasteiger partial charge in [0, 0.05) is 21.7 Å². The zero-order chi connectivity index (χ0) is 34.2. The molecule has 4 heteroatoms. The molecule has 0 saturated carbocycles. The number of hydrogen-bond acceptors (Lipinski definition) is 4. The third-order valence-corrected chi connectivity index (χ3v) is 10.3. The summed E-state index contributed by atoms with van der Waals surface area (Å²) in [6.45, 7) is 0. The lowest BCUT2D eigenvalue weighted by molar-refractivity contribution is 0.669. The lowest BCUT2D eigenvalue weighted by atomic mass is 9.97. The molecule has 244 valence electrons. The van der Waals surface area contributed by atoms with Gasteiger partial charge in [-0.25, -0.2) is 0 Å². The monoisotopic (exact) mass is 667 g/mol. The molecule has 0 aliphatic heterocycles. The van der Waals surface area contributed by atoms with E-state index >= 15 is 0 Å². The number of anilines is 3. The molecule has 0 N–H and O–H groups in total. The van der Waals surface area contributed by atoms with Crippen LogP contribution in [0, 0.1) is 0 Å². The number of fused-ring (bicyclic) bond motifs is 9. The first-order chi connectivity index (χ1) is 25.8. The van der Waals surface area contributed by atoms with Crippen LogP contribution in [0.2, 0.25) is 0 Å².